The second-order valence-electron chi connectivity index (χ2n) is 5.76. The van der Waals surface area contributed by atoms with Gasteiger partial charge in [-0.2, -0.15) is 5.10 Å². The Morgan fingerprint density at radius 3 is 2.52 bits per heavy atom. The lowest BCUT2D eigenvalue weighted by molar-refractivity contribution is -0.274. The Morgan fingerprint density at radius 2 is 1.83 bits per heavy atom. The van der Waals surface area contributed by atoms with E-state index in [9.17, 15) is 18.0 Å². The van der Waals surface area contributed by atoms with Crippen molar-refractivity contribution < 1.29 is 22.7 Å². The molecule has 0 atom stereocenters. The molecular weight excluding hydrogens is 383 g/mol. The summed E-state index contributed by atoms with van der Waals surface area (Å²) in [6.07, 6.45) is -3.05. The lowest BCUT2D eigenvalue weighted by atomic mass is 10.0. The maximum absolute atomic E-state index is 12.6. The van der Waals surface area contributed by atoms with Crippen LogP contribution in [0.1, 0.15) is 26.5 Å². The van der Waals surface area contributed by atoms with Crippen LogP contribution in [0, 0.1) is 0 Å². The first-order valence-corrected chi connectivity index (χ1v) is 9.06. The van der Waals surface area contributed by atoms with Gasteiger partial charge in [0.25, 0.3) is 0 Å². The van der Waals surface area contributed by atoms with Crippen LogP contribution in [0.25, 0.3) is 16.8 Å². The monoisotopic (exact) mass is 405 g/mol. The molecule has 3 rings (SSSR count). The average molecular weight is 405 g/mol. The van der Waals surface area contributed by atoms with Crippen LogP contribution in [0.3, 0.4) is 0 Å². The molecule has 0 spiro atoms. The van der Waals surface area contributed by atoms with E-state index in [1.165, 1.54) is 19.1 Å². The highest BCUT2D eigenvalue weighted by atomic mass is 19.4. The quantitative estimate of drug-likeness (QED) is 0.643. The number of rotatable bonds is 5. The van der Waals surface area contributed by atoms with Crippen molar-refractivity contribution in [1.29, 1.82) is 0 Å². The predicted molar refractivity (Wildman–Crippen MR) is 105 cm³/mol. The predicted octanol–water partition coefficient (Wildman–Crippen LogP) is 5.10. The topological polar surface area (TPSA) is 56.2 Å². The molecule has 0 aliphatic carbocycles. The molecule has 0 radical (unpaired) electrons. The smallest absolute Gasteiger partial charge is 0.405 e. The maximum atomic E-state index is 12.6. The molecule has 1 aromatic heterocycles. The summed E-state index contributed by atoms with van der Waals surface area (Å²) in [5.41, 5.74) is 2.22. The van der Waals surface area contributed by atoms with Crippen LogP contribution in [0.5, 0.6) is 5.75 Å². The van der Waals surface area contributed by atoms with Crippen LogP contribution >= 0.6 is 0 Å². The minimum absolute atomic E-state index is 0.159. The van der Waals surface area contributed by atoms with Crippen molar-refractivity contribution in [3.05, 3.63) is 66.5 Å². The van der Waals surface area contributed by atoms with Gasteiger partial charge in [0.05, 0.1) is 17.9 Å². The Bertz CT molecular complexity index is 952. The number of carbonyl (C=O) groups is 1. The highest BCUT2D eigenvalue weighted by Gasteiger charge is 2.32. The van der Waals surface area contributed by atoms with Crippen LogP contribution in [-0.4, -0.2) is 22.1 Å². The average Bonchev–Trinajstić information content (AvgIpc) is 3.16. The fourth-order valence-electron chi connectivity index (χ4n) is 2.55. The summed E-state index contributed by atoms with van der Waals surface area (Å²) in [4.78, 5) is 11.0. The van der Waals surface area contributed by atoms with E-state index in [2.05, 4.69) is 15.2 Å². The number of halogens is 3. The summed E-state index contributed by atoms with van der Waals surface area (Å²) in [7, 11) is 0. The molecule has 0 aliphatic rings. The zero-order valence-corrected chi connectivity index (χ0v) is 16.3. The van der Waals surface area contributed by atoms with Gasteiger partial charge in [0.2, 0.25) is 5.91 Å². The fraction of sp³-hybridized carbons (Fsp3) is 0.238. The van der Waals surface area contributed by atoms with Crippen LogP contribution in [0.2, 0.25) is 0 Å². The van der Waals surface area contributed by atoms with Crippen LogP contribution in [-0.2, 0) is 11.3 Å². The molecule has 3 aromatic rings. The van der Waals surface area contributed by atoms with E-state index in [1.54, 1.807) is 53.3 Å². The van der Waals surface area contributed by atoms with Crippen molar-refractivity contribution in [1.82, 2.24) is 15.1 Å². The van der Waals surface area contributed by atoms with Crippen LogP contribution < -0.4 is 10.1 Å². The number of aromatic nitrogens is 2. The van der Waals surface area contributed by atoms with Gasteiger partial charge >= 0.3 is 6.36 Å². The number of hydrogen-bond acceptors (Lipinski definition) is 3. The Hall–Kier alpha value is -3.29. The molecule has 1 N–H and O–H groups in total. The first-order valence-electron chi connectivity index (χ1n) is 9.06. The zero-order valence-electron chi connectivity index (χ0n) is 16.3. The van der Waals surface area contributed by atoms with Gasteiger partial charge in [-0.15, -0.1) is 13.2 Å². The molecule has 1 heterocycles. The third-order valence-corrected chi connectivity index (χ3v) is 3.70. The number of nitrogens with zero attached hydrogens (tertiary/aromatic N) is 2. The van der Waals surface area contributed by atoms with E-state index >= 15 is 0 Å². The molecule has 0 fully saturated rings. The maximum Gasteiger partial charge on any atom is 0.573 e. The molecule has 8 heteroatoms. The van der Waals surface area contributed by atoms with Crippen LogP contribution in [0.4, 0.5) is 13.2 Å². The standard InChI is InChI=1S/C19H16F3N3O2.C2H6/c1-13(26)23-12-15-9-10-25(24-15)16-6-4-5-14(11-16)17-7-2-3-8-18(17)27-19(20,21)22;1-2/h2-11H,12H2,1H3,(H,23,26);1-2H3. The molecule has 2 aromatic carbocycles. The summed E-state index contributed by atoms with van der Waals surface area (Å²) < 4.78 is 43.7. The first-order chi connectivity index (χ1) is 13.8. The SMILES string of the molecule is CC.CC(=O)NCc1ccn(-c2cccc(-c3ccccc3OC(F)(F)F)c2)n1. The number of amides is 1. The first kappa shape index (κ1) is 22.0. The summed E-state index contributed by atoms with van der Waals surface area (Å²) in [6.45, 7) is 5.71. The number of hydrogen-bond donors (Lipinski definition) is 1. The van der Waals surface area contributed by atoms with Gasteiger partial charge in [-0.3, -0.25) is 4.79 Å². The van der Waals surface area contributed by atoms with E-state index in [0.29, 0.717) is 29.1 Å². The molecule has 154 valence electrons. The number of alkyl halides is 3. The second kappa shape index (κ2) is 9.77. The Balaban J connectivity index is 0.00000145. The van der Waals surface area contributed by atoms with Gasteiger partial charge in [0.15, 0.2) is 0 Å². The molecule has 0 aliphatic heterocycles. The van der Waals surface area contributed by atoms with E-state index in [4.69, 9.17) is 0 Å². The summed E-state index contributed by atoms with van der Waals surface area (Å²) in [6, 6.07) is 14.6. The van der Waals surface area contributed by atoms with Gasteiger partial charge in [-0.25, -0.2) is 4.68 Å². The third-order valence-electron chi connectivity index (χ3n) is 3.70. The molecular formula is C21H22F3N3O2. The van der Waals surface area contributed by atoms with Gasteiger partial charge in [-0.05, 0) is 29.8 Å². The Kier molecular flexibility index (Phi) is 7.41. The van der Waals surface area contributed by atoms with Crippen molar-refractivity contribution in [2.75, 3.05) is 0 Å². The van der Waals surface area contributed by atoms with Gasteiger partial charge < -0.3 is 10.1 Å². The number of ether oxygens (including phenoxy) is 1. The molecule has 0 bridgehead atoms. The highest BCUT2D eigenvalue weighted by Crippen LogP contribution is 2.34. The highest BCUT2D eigenvalue weighted by molar-refractivity contribution is 5.73. The molecule has 1 amide bonds. The van der Waals surface area contributed by atoms with E-state index in [-0.39, 0.29) is 11.7 Å². The number of nitrogens with one attached hydrogen (secondary N) is 1. The normalized spacial score (nSPS) is 10.7. The van der Waals surface area contributed by atoms with Crippen molar-refractivity contribution in [2.45, 2.75) is 33.7 Å². The van der Waals surface area contributed by atoms with E-state index < -0.39 is 6.36 Å². The number of benzene rings is 2. The van der Waals surface area contributed by atoms with Gasteiger partial charge in [0.1, 0.15) is 5.75 Å². The lowest BCUT2D eigenvalue weighted by Crippen LogP contribution is -2.19. The number of para-hydroxylation sites is 1. The minimum Gasteiger partial charge on any atom is -0.405 e. The molecule has 0 saturated heterocycles. The zero-order chi connectivity index (χ0) is 21.4. The molecule has 0 saturated carbocycles. The Morgan fingerprint density at radius 1 is 1.10 bits per heavy atom. The minimum atomic E-state index is -4.77. The van der Waals surface area contributed by atoms with Crippen molar-refractivity contribution >= 4 is 5.91 Å². The Labute approximate surface area is 167 Å². The van der Waals surface area contributed by atoms with Gasteiger partial charge in [-0.1, -0.05) is 44.2 Å². The summed E-state index contributed by atoms with van der Waals surface area (Å²) in [5.74, 6) is -0.429. The van der Waals surface area contributed by atoms with Crippen molar-refractivity contribution in [2.24, 2.45) is 0 Å². The van der Waals surface area contributed by atoms with Crippen LogP contribution in [0.15, 0.2) is 60.8 Å². The lowest BCUT2D eigenvalue weighted by Gasteiger charge is -2.14. The largest absolute Gasteiger partial charge is 0.573 e. The third kappa shape index (κ3) is 6.38. The fourth-order valence-corrected chi connectivity index (χ4v) is 2.55. The molecule has 5 nitrogen and oxygen atoms in total. The second-order valence-corrected chi connectivity index (χ2v) is 5.76. The van der Waals surface area contributed by atoms with Crippen molar-refractivity contribution in [3.8, 4) is 22.6 Å². The van der Waals surface area contributed by atoms with E-state index in [1.807, 2.05) is 13.8 Å². The van der Waals surface area contributed by atoms with E-state index in [0.717, 1.165) is 0 Å². The summed E-state index contributed by atoms with van der Waals surface area (Å²) in [5, 5.41) is 7.01. The van der Waals surface area contributed by atoms with Crippen molar-refractivity contribution in [3.63, 3.8) is 0 Å². The molecule has 0 unspecified atom stereocenters. The van der Waals surface area contributed by atoms with Gasteiger partial charge in [0, 0.05) is 18.7 Å². The summed E-state index contributed by atoms with van der Waals surface area (Å²) >= 11 is 0. The number of carbonyl (C=O) groups excluding carboxylic acids is 1. The molecule has 29 heavy (non-hydrogen) atoms.